The van der Waals surface area contributed by atoms with Gasteiger partial charge in [-0.25, -0.2) is 0 Å². The van der Waals surface area contributed by atoms with Crippen LogP contribution in [0.25, 0.3) is 0 Å². The number of carboxylic acid groups (broad SMARTS) is 1. The van der Waals surface area contributed by atoms with Gasteiger partial charge in [0.2, 0.25) is 0 Å². The Morgan fingerprint density at radius 1 is 0.939 bits per heavy atom. The molecule has 0 saturated heterocycles. The average Bonchev–Trinajstić information content (AvgIpc) is 2.73. The molecule has 0 saturated carbocycles. The highest BCUT2D eigenvalue weighted by Gasteiger charge is 2.50. The summed E-state index contributed by atoms with van der Waals surface area (Å²) in [6.45, 7) is 14.4. The molecule has 182 valence electrons. The van der Waals surface area contributed by atoms with E-state index in [0.29, 0.717) is 6.61 Å². The molecule has 0 fully saturated rings. The lowest BCUT2D eigenvalue weighted by atomic mass is 10.2. The molecule has 1 atom stereocenters. The van der Waals surface area contributed by atoms with Crippen molar-refractivity contribution in [2.24, 2.45) is 0 Å². The van der Waals surface area contributed by atoms with Gasteiger partial charge < -0.3 is 19.0 Å². The molecule has 0 aliphatic heterocycles. The zero-order valence-electron chi connectivity index (χ0n) is 21.0. The molecule has 0 aliphatic rings. The van der Waals surface area contributed by atoms with Gasteiger partial charge in [0.05, 0.1) is 19.1 Å². The van der Waals surface area contributed by atoms with Crippen molar-refractivity contribution in [1.29, 1.82) is 0 Å². The van der Waals surface area contributed by atoms with E-state index in [4.69, 9.17) is 13.9 Å². The molecule has 0 bridgehead atoms. The molecule has 0 radical (unpaired) electrons. The summed E-state index contributed by atoms with van der Waals surface area (Å²) >= 11 is 0. The smallest absolute Gasteiger partial charge is 0.306 e. The lowest BCUT2D eigenvalue weighted by Gasteiger charge is -2.43. The number of rotatable bonds is 13. The molecule has 7 heteroatoms. The first-order valence-corrected chi connectivity index (χ1v) is 17.2. The number of benzene rings is 2. The topological polar surface area (TPSA) is 65.0 Å². The van der Waals surface area contributed by atoms with Crippen molar-refractivity contribution in [3.05, 3.63) is 60.7 Å². The molecule has 1 N–H and O–H groups in total. The Balaban J connectivity index is 2.25. The Labute approximate surface area is 201 Å². The van der Waals surface area contributed by atoms with Gasteiger partial charge in [0.25, 0.3) is 8.32 Å². The largest absolute Gasteiger partial charge is 0.481 e. The van der Waals surface area contributed by atoms with E-state index in [9.17, 15) is 9.90 Å². The van der Waals surface area contributed by atoms with Crippen LogP contribution in [-0.2, 0) is 18.7 Å². The van der Waals surface area contributed by atoms with Crippen molar-refractivity contribution in [3.8, 4) is 0 Å². The van der Waals surface area contributed by atoms with Crippen LogP contribution in [0.5, 0.6) is 0 Å². The van der Waals surface area contributed by atoms with E-state index in [-0.39, 0.29) is 24.9 Å². The van der Waals surface area contributed by atoms with Gasteiger partial charge in [0.15, 0.2) is 0 Å². The van der Waals surface area contributed by atoms with Crippen LogP contribution < -0.4 is 10.4 Å². The van der Waals surface area contributed by atoms with Gasteiger partial charge >= 0.3 is 5.97 Å². The van der Waals surface area contributed by atoms with Gasteiger partial charge in [-0.15, -0.1) is 0 Å². The van der Waals surface area contributed by atoms with Gasteiger partial charge in [0.1, 0.15) is 6.79 Å². The molecule has 0 aliphatic carbocycles. The summed E-state index contributed by atoms with van der Waals surface area (Å²) in [7, 11) is -3.94. The zero-order valence-corrected chi connectivity index (χ0v) is 23.0. The van der Waals surface area contributed by atoms with Crippen molar-refractivity contribution >= 4 is 32.7 Å². The maximum atomic E-state index is 11.5. The Bertz CT molecular complexity index is 805. The molecular formula is C26H40O5Si2. The molecule has 33 heavy (non-hydrogen) atoms. The molecule has 2 aromatic carbocycles. The molecule has 2 rings (SSSR count). The fourth-order valence-corrected chi connectivity index (χ4v) is 9.27. The van der Waals surface area contributed by atoms with E-state index < -0.39 is 28.5 Å². The van der Waals surface area contributed by atoms with Crippen molar-refractivity contribution in [2.45, 2.75) is 64.0 Å². The molecular weight excluding hydrogens is 448 g/mol. The summed E-state index contributed by atoms with van der Waals surface area (Å²) < 4.78 is 18.4. The first-order valence-electron chi connectivity index (χ1n) is 11.6. The van der Waals surface area contributed by atoms with Crippen LogP contribution in [-0.4, -0.2) is 53.6 Å². The van der Waals surface area contributed by atoms with Gasteiger partial charge in [0, 0.05) is 14.7 Å². The number of carboxylic acids is 1. The second kappa shape index (κ2) is 12.1. The molecule has 0 aromatic heterocycles. The molecule has 2 aromatic rings. The monoisotopic (exact) mass is 488 g/mol. The SMILES string of the molecule is CC(C)(C)[Si](OC[C@@H](CC(=O)O)OCOCC[Si](C)(C)C)(c1ccccc1)c1ccccc1. The minimum Gasteiger partial charge on any atom is -0.481 e. The summed E-state index contributed by atoms with van der Waals surface area (Å²) in [6.07, 6.45) is -0.716. The van der Waals surface area contributed by atoms with Gasteiger partial charge in [-0.2, -0.15) is 0 Å². The summed E-state index contributed by atoms with van der Waals surface area (Å²) in [5.74, 6) is -0.909. The van der Waals surface area contributed by atoms with Gasteiger partial charge in [-0.05, 0) is 21.5 Å². The summed E-state index contributed by atoms with van der Waals surface area (Å²) in [5.41, 5.74) is 0. The first kappa shape index (κ1) is 27.5. The van der Waals surface area contributed by atoms with Gasteiger partial charge in [-0.1, -0.05) is 101 Å². The first-order chi connectivity index (χ1) is 15.5. The molecule has 0 amide bonds. The zero-order chi connectivity index (χ0) is 24.5. The van der Waals surface area contributed by atoms with Crippen LogP contribution in [0, 0.1) is 0 Å². The highest BCUT2D eigenvalue weighted by Crippen LogP contribution is 2.37. The van der Waals surface area contributed by atoms with Crippen LogP contribution >= 0.6 is 0 Å². The van der Waals surface area contributed by atoms with Crippen LogP contribution in [0.3, 0.4) is 0 Å². The second-order valence-electron chi connectivity index (χ2n) is 10.7. The molecule has 0 unspecified atom stereocenters. The van der Waals surface area contributed by atoms with Gasteiger partial charge in [-0.3, -0.25) is 4.79 Å². The van der Waals surface area contributed by atoms with E-state index in [1.54, 1.807) is 0 Å². The molecule has 0 heterocycles. The van der Waals surface area contributed by atoms with E-state index >= 15 is 0 Å². The number of hydrogen-bond acceptors (Lipinski definition) is 4. The maximum Gasteiger partial charge on any atom is 0.306 e. The van der Waals surface area contributed by atoms with E-state index in [0.717, 1.165) is 16.4 Å². The fraction of sp³-hybridized carbons (Fsp3) is 0.500. The number of carbonyl (C=O) groups is 1. The summed E-state index contributed by atoms with van der Waals surface area (Å²) in [6, 6.07) is 21.7. The van der Waals surface area contributed by atoms with Crippen molar-refractivity contribution in [1.82, 2.24) is 0 Å². The lowest BCUT2D eigenvalue weighted by molar-refractivity contribution is -0.146. The summed E-state index contributed by atoms with van der Waals surface area (Å²) in [5, 5.41) is 11.6. The fourth-order valence-electron chi connectivity index (χ4n) is 3.92. The second-order valence-corrected chi connectivity index (χ2v) is 20.6. The highest BCUT2D eigenvalue weighted by atomic mass is 28.4. The van der Waals surface area contributed by atoms with Crippen molar-refractivity contribution in [2.75, 3.05) is 20.0 Å². The maximum absolute atomic E-state index is 11.5. The Morgan fingerprint density at radius 2 is 1.45 bits per heavy atom. The van der Waals surface area contributed by atoms with Crippen LogP contribution in [0.15, 0.2) is 60.7 Å². The molecule has 0 spiro atoms. The quantitative estimate of drug-likeness (QED) is 0.251. The van der Waals surface area contributed by atoms with Crippen LogP contribution in [0.1, 0.15) is 27.2 Å². The number of aliphatic carboxylic acids is 1. The van der Waals surface area contributed by atoms with E-state index in [1.165, 1.54) is 0 Å². The predicted molar refractivity (Wildman–Crippen MR) is 140 cm³/mol. The van der Waals surface area contributed by atoms with Crippen molar-refractivity contribution in [3.63, 3.8) is 0 Å². The normalized spacial score (nSPS) is 13.6. The third-order valence-electron chi connectivity index (χ3n) is 5.69. The number of ether oxygens (including phenoxy) is 2. The van der Waals surface area contributed by atoms with E-state index in [2.05, 4.69) is 64.7 Å². The lowest BCUT2D eigenvalue weighted by Crippen LogP contribution is -2.67. The van der Waals surface area contributed by atoms with Crippen molar-refractivity contribution < 1.29 is 23.8 Å². The Morgan fingerprint density at radius 3 is 1.88 bits per heavy atom. The Hall–Kier alpha value is -1.78. The van der Waals surface area contributed by atoms with E-state index in [1.807, 2.05) is 36.4 Å². The van der Waals surface area contributed by atoms with Crippen LogP contribution in [0.4, 0.5) is 0 Å². The minimum absolute atomic E-state index is 0.0759. The third-order valence-corrected chi connectivity index (χ3v) is 12.4. The standard InChI is InChI=1S/C26H40O5Si2/c1-26(2,3)33(23-13-9-7-10-14-23,24-15-11-8-12-16-24)31-20-22(19-25(27)28)30-21-29-17-18-32(4,5)6/h7-16,22H,17-21H2,1-6H3,(H,27,28)/t22-/m1/s1. The van der Waals surface area contributed by atoms with Crippen LogP contribution in [0.2, 0.25) is 30.7 Å². The summed E-state index contributed by atoms with van der Waals surface area (Å²) in [4.78, 5) is 11.5. The predicted octanol–water partition coefficient (Wildman–Crippen LogP) is 4.74. The molecule has 5 nitrogen and oxygen atoms in total. The Kier molecular flexibility index (Phi) is 10.1. The third kappa shape index (κ3) is 8.19. The minimum atomic E-state index is -2.75. The number of hydrogen-bond donors (Lipinski definition) is 1. The highest BCUT2D eigenvalue weighted by molar-refractivity contribution is 6.99. The average molecular weight is 489 g/mol.